The molecule has 0 saturated heterocycles. The third-order valence-electron chi connectivity index (χ3n) is 4.82. The largest absolute Gasteiger partial charge is 0.496 e. The molecule has 128 valence electrons. The van der Waals surface area contributed by atoms with Crippen molar-refractivity contribution in [1.29, 1.82) is 0 Å². The fourth-order valence-electron chi connectivity index (χ4n) is 3.22. The molecular formula is C18H22N2O3S. The lowest BCUT2D eigenvalue weighted by molar-refractivity contribution is 0.0826. The molecule has 1 aromatic carbocycles. The molecule has 3 rings (SSSR count). The van der Waals surface area contributed by atoms with Gasteiger partial charge in [-0.2, -0.15) is 0 Å². The van der Waals surface area contributed by atoms with E-state index in [1.807, 2.05) is 31.2 Å². The molecule has 0 aliphatic heterocycles. The second kappa shape index (κ2) is 6.91. The predicted octanol–water partition coefficient (Wildman–Crippen LogP) is 3.10. The summed E-state index contributed by atoms with van der Waals surface area (Å²) < 4.78 is 5.36. The molecule has 1 aliphatic rings. The Morgan fingerprint density at radius 1 is 1.50 bits per heavy atom. The highest BCUT2D eigenvalue weighted by atomic mass is 32.1. The Bertz CT molecular complexity index is 731. The first-order valence-corrected chi connectivity index (χ1v) is 8.96. The maximum Gasteiger partial charge on any atom is 0.271 e. The zero-order valence-electron chi connectivity index (χ0n) is 13.9. The van der Waals surface area contributed by atoms with Crippen molar-refractivity contribution in [3.63, 3.8) is 0 Å². The number of nitrogens with one attached hydrogen (secondary N) is 1. The van der Waals surface area contributed by atoms with Gasteiger partial charge in [0.05, 0.1) is 19.3 Å². The molecule has 1 aromatic heterocycles. The van der Waals surface area contributed by atoms with Gasteiger partial charge in [0.2, 0.25) is 0 Å². The number of hydrogen-bond acceptors (Lipinski definition) is 5. The number of hydrogen-bond donors (Lipinski definition) is 2. The molecule has 2 unspecified atom stereocenters. The van der Waals surface area contributed by atoms with Crippen molar-refractivity contribution in [2.24, 2.45) is 5.41 Å². The van der Waals surface area contributed by atoms with Crippen LogP contribution >= 0.6 is 11.3 Å². The zero-order valence-corrected chi connectivity index (χ0v) is 14.7. The molecule has 2 aromatic rings. The van der Waals surface area contributed by atoms with Crippen LogP contribution in [0.5, 0.6) is 5.75 Å². The number of carbonyl (C=O) groups excluding carboxylic acids is 1. The van der Waals surface area contributed by atoms with Crippen molar-refractivity contribution in [1.82, 2.24) is 10.3 Å². The monoisotopic (exact) mass is 346 g/mol. The molecule has 1 fully saturated rings. The first-order valence-electron chi connectivity index (χ1n) is 8.08. The molecule has 1 heterocycles. The van der Waals surface area contributed by atoms with E-state index in [2.05, 4.69) is 10.3 Å². The Balaban J connectivity index is 1.77. The van der Waals surface area contributed by atoms with Crippen LogP contribution in [0, 0.1) is 5.41 Å². The van der Waals surface area contributed by atoms with E-state index in [1.165, 1.54) is 11.3 Å². The van der Waals surface area contributed by atoms with Crippen molar-refractivity contribution in [2.45, 2.75) is 32.2 Å². The average molecular weight is 346 g/mol. The highest BCUT2D eigenvalue weighted by Crippen LogP contribution is 2.37. The molecule has 5 nitrogen and oxygen atoms in total. The number of carbonyl (C=O) groups is 1. The van der Waals surface area contributed by atoms with Crippen molar-refractivity contribution in [3.05, 3.63) is 35.3 Å². The molecule has 0 bridgehead atoms. The Kier molecular flexibility index (Phi) is 4.87. The SMILES string of the molecule is COc1ccccc1-c1nc(C(=O)NC2CCCC2(C)CO)cs1. The average Bonchev–Trinajstić information content (AvgIpc) is 3.23. The quantitative estimate of drug-likeness (QED) is 0.873. The third-order valence-corrected chi connectivity index (χ3v) is 5.70. The number of para-hydroxylation sites is 1. The summed E-state index contributed by atoms with van der Waals surface area (Å²) in [5.41, 5.74) is 1.05. The third kappa shape index (κ3) is 3.16. The normalized spacial score (nSPS) is 23.2. The molecule has 24 heavy (non-hydrogen) atoms. The van der Waals surface area contributed by atoms with Crippen LogP contribution in [0.15, 0.2) is 29.6 Å². The van der Waals surface area contributed by atoms with E-state index < -0.39 is 0 Å². The molecule has 2 N–H and O–H groups in total. The first-order chi connectivity index (χ1) is 11.6. The van der Waals surface area contributed by atoms with Gasteiger partial charge >= 0.3 is 0 Å². The van der Waals surface area contributed by atoms with E-state index in [0.29, 0.717) is 5.69 Å². The van der Waals surface area contributed by atoms with Crippen LogP contribution in [-0.4, -0.2) is 35.8 Å². The number of methoxy groups -OCH3 is 1. The van der Waals surface area contributed by atoms with Gasteiger partial charge in [-0.3, -0.25) is 4.79 Å². The summed E-state index contributed by atoms with van der Waals surface area (Å²) in [4.78, 5) is 17.0. The number of ether oxygens (including phenoxy) is 1. The molecule has 2 atom stereocenters. The number of rotatable bonds is 5. The van der Waals surface area contributed by atoms with E-state index >= 15 is 0 Å². The molecule has 0 radical (unpaired) electrons. The van der Waals surface area contributed by atoms with Crippen LogP contribution in [0.2, 0.25) is 0 Å². The summed E-state index contributed by atoms with van der Waals surface area (Å²) in [5.74, 6) is 0.557. The molecule has 1 amide bonds. The van der Waals surface area contributed by atoms with E-state index in [9.17, 15) is 9.90 Å². The summed E-state index contributed by atoms with van der Waals surface area (Å²) in [6, 6.07) is 7.62. The second-order valence-electron chi connectivity index (χ2n) is 6.47. The van der Waals surface area contributed by atoms with E-state index in [4.69, 9.17) is 4.74 Å². The van der Waals surface area contributed by atoms with Gasteiger partial charge in [0, 0.05) is 16.8 Å². The maximum atomic E-state index is 12.5. The van der Waals surface area contributed by atoms with Gasteiger partial charge in [-0.25, -0.2) is 4.98 Å². The first kappa shape index (κ1) is 16.9. The van der Waals surface area contributed by atoms with Crippen molar-refractivity contribution in [3.8, 4) is 16.3 Å². The van der Waals surface area contributed by atoms with Crippen LogP contribution in [0.3, 0.4) is 0 Å². The molecular weight excluding hydrogens is 324 g/mol. The highest BCUT2D eigenvalue weighted by molar-refractivity contribution is 7.13. The van der Waals surface area contributed by atoms with Crippen molar-refractivity contribution >= 4 is 17.2 Å². The van der Waals surface area contributed by atoms with Gasteiger partial charge in [0.25, 0.3) is 5.91 Å². The minimum Gasteiger partial charge on any atom is -0.496 e. The van der Waals surface area contributed by atoms with Gasteiger partial charge in [-0.1, -0.05) is 25.5 Å². The van der Waals surface area contributed by atoms with Crippen LogP contribution in [0.25, 0.3) is 10.6 Å². The number of nitrogens with zero attached hydrogens (tertiary/aromatic N) is 1. The van der Waals surface area contributed by atoms with Crippen LogP contribution < -0.4 is 10.1 Å². The predicted molar refractivity (Wildman–Crippen MR) is 94.4 cm³/mol. The summed E-state index contributed by atoms with van der Waals surface area (Å²) in [6.07, 6.45) is 2.84. The number of aliphatic hydroxyl groups is 1. The topological polar surface area (TPSA) is 71.5 Å². The van der Waals surface area contributed by atoms with E-state index in [-0.39, 0.29) is 24.0 Å². The van der Waals surface area contributed by atoms with Crippen LogP contribution in [0.1, 0.15) is 36.7 Å². The maximum absolute atomic E-state index is 12.5. The van der Waals surface area contributed by atoms with Gasteiger partial charge in [-0.05, 0) is 25.0 Å². The Hall–Kier alpha value is -1.92. The van der Waals surface area contributed by atoms with Crippen LogP contribution in [-0.2, 0) is 0 Å². The fourth-order valence-corrected chi connectivity index (χ4v) is 4.05. The number of aliphatic hydroxyl groups excluding tert-OH is 1. The second-order valence-corrected chi connectivity index (χ2v) is 7.33. The lowest BCUT2D eigenvalue weighted by Gasteiger charge is -2.29. The molecule has 6 heteroatoms. The summed E-state index contributed by atoms with van der Waals surface area (Å²) >= 11 is 1.42. The Morgan fingerprint density at radius 3 is 3.04 bits per heavy atom. The number of aromatic nitrogens is 1. The van der Waals surface area contributed by atoms with Gasteiger partial charge in [-0.15, -0.1) is 11.3 Å². The minimum atomic E-state index is -0.239. The minimum absolute atomic E-state index is 0.00795. The van der Waals surface area contributed by atoms with Gasteiger partial charge in [0.1, 0.15) is 16.5 Å². The number of amides is 1. The van der Waals surface area contributed by atoms with E-state index in [1.54, 1.807) is 12.5 Å². The van der Waals surface area contributed by atoms with E-state index in [0.717, 1.165) is 35.6 Å². The zero-order chi connectivity index (χ0) is 17.2. The Labute approximate surface area is 145 Å². The molecule has 1 saturated carbocycles. The van der Waals surface area contributed by atoms with Gasteiger partial charge < -0.3 is 15.2 Å². The number of thiazole rings is 1. The lowest BCUT2D eigenvalue weighted by atomic mass is 9.86. The molecule has 1 aliphatic carbocycles. The lowest BCUT2D eigenvalue weighted by Crippen LogP contribution is -2.44. The number of benzene rings is 1. The molecule has 0 spiro atoms. The van der Waals surface area contributed by atoms with Crippen molar-refractivity contribution < 1.29 is 14.6 Å². The highest BCUT2D eigenvalue weighted by Gasteiger charge is 2.39. The summed E-state index contributed by atoms with van der Waals surface area (Å²) in [5, 5.41) is 15.2. The van der Waals surface area contributed by atoms with Crippen molar-refractivity contribution in [2.75, 3.05) is 13.7 Å². The summed E-state index contributed by atoms with van der Waals surface area (Å²) in [7, 11) is 1.62. The van der Waals surface area contributed by atoms with Gasteiger partial charge in [0.15, 0.2) is 0 Å². The standard InChI is InChI=1S/C18H22N2O3S/c1-18(11-21)9-5-8-15(18)20-16(22)13-10-24-17(19-13)12-6-3-4-7-14(12)23-2/h3-4,6-7,10,15,21H,5,8-9,11H2,1-2H3,(H,20,22). The fraction of sp³-hybridized carbons (Fsp3) is 0.444. The smallest absolute Gasteiger partial charge is 0.271 e. The van der Waals surface area contributed by atoms with Crippen LogP contribution in [0.4, 0.5) is 0 Å². The Morgan fingerprint density at radius 2 is 2.29 bits per heavy atom. The summed E-state index contributed by atoms with van der Waals surface area (Å²) in [6.45, 7) is 2.10.